The zero-order valence-corrected chi connectivity index (χ0v) is 21.3. The lowest BCUT2D eigenvalue weighted by molar-refractivity contribution is 0.0731. The molecule has 2 N–H and O–H groups in total. The number of fused-ring (bicyclic) bond motifs is 2. The summed E-state index contributed by atoms with van der Waals surface area (Å²) in [5, 5.41) is 15.3. The topological polar surface area (TPSA) is 107 Å². The van der Waals surface area contributed by atoms with Crippen molar-refractivity contribution in [3.05, 3.63) is 70.3 Å². The Morgan fingerprint density at radius 3 is 2.73 bits per heavy atom. The summed E-state index contributed by atoms with van der Waals surface area (Å²) in [6, 6.07) is 6.24. The third-order valence-electron chi connectivity index (χ3n) is 7.84. The van der Waals surface area contributed by atoms with Gasteiger partial charge in [-0.3, -0.25) is 9.48 Å². The molecule has 190 valence electrons. The lowest BCUT2D eigenvalue weighted by Crippen LogP contribution is -2.37. The van der Waals surface area contributed by atoms with Crippen molar-refractivity contribution in [2.45, 2.75) is 45.7 Å². The van der Waals surface area contributed by atoms with Gasteiger partial charge in [0.05, 0.1) is 17.3 Å². The number of carbonyl (C=O) groups is 2. The number of aromatic amines is 1. The molecular weight excluding hydrogens is 468 g/mol. The van der Waals surface area contributed by atoms with Crippen LogP contribution >= 0.6 is 0 Å². The van der Waals surface area contributed by atoms with Crippen LogP contribution in [0.4, 0.5) is 4.79 Å². The first-order valence-electron chi connectivity index (χ1n) is 12.7. The Bertz CT molecular complexity index is 1550. The van der Waals surface area contributed by atoms with Crippen LogP contribution in [0.1, 0.15) is 57.2 Å². The standard InChI is InChI=1S/C28H30N6O3/c1-16-12-29-26-21(16)11-20(13-30-26)19-9-18-6-8-33(27(35)23-14-32(3)31-17(23)2)15-24(18)22(10-19)25-5-4-7-34(25)28(36)37/h9-14,25H,4-8,15H2,1-3H3,(H,29,30)(H,36,37)/t25-/m0/s1. The molecule has 4 aromatic rings. The van der Waals surface area contributed by atoms with Crippen LogP contribution in [0.5, 0.6) is 0 Å². The number of aryl methyl sites for hydroxylation is 3. The van der Waals surface area contributed by atoms with Gasteiger partial charge >= 0.3 is 6.09 Å². The summed E-state index contributed by atoms with van der Waals surface area (Å²) < 4.78 is 1.67. The van der Waals surface area contributed by atoms with Gasteiger partial charge in [-0.25, -0.2) is 9.78 Å². The van der Waals surface area contributed by atoms with Crippen molar-refractivity contribution in [3.8, 4) is 11.1 Å². The molecule has 0 spiro atoms. The number of nitrogens with zero attached hydrogens (tertiary/aromatic N) is 5. The lowest BCUT2D eigenvalue weighted by atomic mass is 9.86. The predicted octanol–water partition coefficient (Wildman–Crippen LogP) is 4.59. The summed E-state index contributed by atoms with van der Waals surface area (Å²) in [5.41, 5.74) is 8.58. The predicted molar refractivity (Wildman–Crippen MR) is 139 cm³/mol. The second-order valence-electron chi connectivity index (χ2n) is 10.2. The van der Waals surface area contributed by atoms with E-state index >= 15 is 0 Å². The Balaban J connectivity index is 1.44. The number of aromatic nitrogens is 4. The highest BCUT2D eigenvalue weighted by Gasteiger charge is 2.34. The van der Waals surface area contributed by atoms with Gasteiger partial charge in [0.1, 0.15) is 5.65 Å². The molecule has 2 amide bonds. The molecule has 9 nitrogen and oxygen atoms in total. The summed E-state index contributed by atoms with van der Waals surface area (Å²) in [5.74, 6) is -0.0367. The molecular formula is C28H30N6O3. The summed E-state index contributed by atoms with van der Waals surface area (Å²) in [6.45, 7) is 5.48. The van der Waals surface area contributed by atoms with E-state index in [-0.39, 0.29) is 11.9 Å². The van der Waals surface area contributed by atoms with Crippen LogP contribution in [-0.4, -0.2) is 59.7 Å². The number of carbonyl (C=O) groups excluding carboxylic acids is 1. The number of hydrogen-bond donors (Lipinski definition) is 2. The maximum atomic E-state index is 13.4. The zero-order valence-electron chi connectivity index (χ0n) is 21.3. The number of amides is 2. The highest BCUT2D eigenvalue weighted by molar-refractivity contribution is 5.95. The zero-order chi connectivity index (χ0) is 25.8. The average molecular weight is 499 g/mol. The maximum absolute atomic E-state index is 13.4. The van der Waals surface area contributed by atoms with Crippen LogP contribution in [0, 0.1) is 13.8 Å². The minimum atomic E-state index is -0.901. The first-order valence-corrected chi connectivity index (χ1v) is 12.7. The fourth-order valence-electron chi connectivity index (χ4n) is 5.93. The summed E-state index contributed by atoms with van der Waals surface area (Å²) in [4.78, 5) is 36.8. The Hall–Kier alpha value is -4.14. The maximum Gasteiger partial charge on any atom is 0.407 e. The Morgan fingerprint density at radius 2 is 1.97 bits per heavy atom. The van der Waals surface area contributed by atoms with E-state index in [1.165, 1.54) is 5.56 Å². The molecule has 0 saturated carbocycles. The third-order valence-corrected chi connectivity index (χ3v) is 7.84. The van der Waals surface area contributed by atoms with E-state index < -0.39 is 6.09 Å². The highest BCUT2D eigenvalue weighted by atomic mass is 16.4. The molecule has 0 radical (unpaired) electrons. The van der Waals surface area contributed by atoms with Crippen LogP contribution < -0.4 is 0 Å². The van der Waals surface area contributed by atoms with E-state index in [1.54, 1.807) is 15.8 Å². The third kappa shape index (κ3) is 3.94. The Labute approximate surface area is 214 Å². The molecule has 0 aliphatic carbocycles. The number of rotatable bonds is 3. The molecule has 6 rings (SSSR count). The van der Waals surface area contributed by atoms with Gasteiger partial charge in [-0.2, -0.15) is 5.10 Å². The minimum absolute atomic E-state index is 0.0367. The van der Waals surface area contributed by atoms with Gasteiger partial charge in [-0.1, -0.05) is 6.07 Å². The van der Waals surface area contributed by atoms with Crippen LogP contribution in [0.15, 0.2) is 36.8 Å². The van der Waals surface area contributed by atoms with E-state index in [4.69, 9.17) is 0 Å². The molecule has 1 atom stereocenters. The highest BCUT2D eigenvalue weighted by Crippen LogP contribution is 2.40. The second-order valence-corrected chi connectivity index (χ2v) is 10.2. The largest absolute Gasteiger partial charge is 0.465 e. The van der Waals surface area contributed by atoms with Crippen molar-refractivity contribution in [1.82, 2.24) is 29.5 Å². The number of pyridine rings is 1. The summed E-state index contributed by atoms with van der Waals surface area (Å²) in [7, 11) is 1.82. The van der Waals surface area contributed by atoms with Gasteiger partial charge in [0, 0.05) is 56.2 Å². The van der Waals surface area contributed by atoms with Gasteiger partial charge < -0.3 is 19.9 Å². The van der Waals surface area contributed by atoms with Crippen LogP contribution in [0.25, 0.3) is 22.2 Å². The number of H-pyrrole nitrogens is 1. The average Bonchev–Trinajstić information content (AvgIpc) is 3.61. The first kappa shape index (κ1) is 23.3. The monoisotopic (exact) mass is 498 g/mol. The molecule has 1 fully saturated rings. The second kappa shape index (κ2) is 8.76. The molecule has 1 saturated heterocycles. The Morgan fingerprint density at radius 1 is 1.14 bits per heavy atom. The van der Waals surface area contributed by atoms with Gasteiger partial charge in [0.15, 0.2) is 0 Å². The lowest BCUT2D eigenvalue weighted by Gasteiger charge is -2.33. The van der Waals surface area contributed by atoms with Crippen LogP contribution in [0.2, 0.25) is 0 Å². The molecule has 2 aliphatic heterocycles. The van der Waals surface area contributed by atoms with E-state index in [0.717, 1.165) is 51.7 Å². The van der Waals surface area contributed by atoms with E-state index in [9.17, 15) is 14.7 Å². The van der Waals surface area contributed by atoms with E-state index in [0.29, 0.717) is 37.3 Å². The number of hydrogen-bond acceptors (Lipinski definition) is 4. The molecule has 0 bridgehead atoms. The molecule has 2 aliphatic rings. The number of nitrogens with one attached hydrogen (secondary N) is 1. The number of benzene rings is 1. The van der Waals surface area contributed by atoms with Crippen molar-refractivity contribution in [2.24, 2.45) is 7.05 Å². The minimum Gasteiger partial charge on any atom is -0.465 e. The van der Waals surface area contributed by atoms with E-state index in [1.807, 2.05) is 31.3 Å². The molecule has 3 aromatic heterocycles. The van der Waals surface area contributed by atoms with Crippen LogP contribution in [-0.2, 0) is 20.0 Å². The normalized spacial score (nSPS) is 17.4. The van der Waals surface area contributed by atoms with Crippen molar-refractivity contribution in [1.29, 1.82) is 0 Å². The van der Waals surface area contributed by atoms with Crippen LogP contribution in [0.3, 0.4) is 0 Å². The number of likely N-dealkylation sites (tertiary alicyclic amines) is 1. The van der Waals surface area contributed by atoms with Crippen molar-refractivity contribution in [2.75, 3.05) is 13.1 Å². The van der Waals surface area contributed by atoms with Crippen molar-refractivity contribution >= 4 is 23.0 Å². The molecule has 0 unspecified atom stereocenters. The first-order chi connectivity index (χ1) is 17.8. The van der Waals surface area contributed by atoms with Crippen molar-refractivity contribution in [3.63, 3.8) is 0 Å². The molecule has 1 aromatic carbocycles. The molecule has 9 heteroatoms. The summed E-state index contributed by atoms with van der Waals surface area (Å²) in [6.07, 6.45) is 7.00. The Kier molecular flexibility index (Phi) is 5.51. The SMILES string of the molecule is Cc1nn(C)cc1C(=O)N1CCc2cc(-c3cnc4[nH]cc(C)c4c3)cc([C@@H]3CCCN3C(=O)O)c2C1. The van der Waals surface area contributed by atoms with E-state index in [2.05, 4.69) is 40.2 Å². The van der Waals surface area contributed by atoms with Gasteiger partial charge in [0.25, 0.3) is 5.91 Å². The molecule has 5 heterocycles. The van der Waals surface area contributed by atoms with Gasteiger partial charge in [-0.05, 0) is 73.1 Å². The number of carboxylic acid groups (broad SMARTS) is 1. The van der Waals surface area contributed by atoms with Gasteiger partial charge in [-0.15, -0.1) is 0 Å². The summed E-state index contributed by atoms with van der Waals surface area (Å²) >= 11 is 0. The smallest absolute Gasteiger partial charge is 0.407 e. The quantitative estimate of drug-likeness (QED) is 0.430. The molecule has 37 heavy (non-hydrogen) atoms. The fourth-order valence-corrected chi connectivity index (χ4v) is 5.93. The fraction of sp³-hybridized carbons (Fsp3) is 0.357. The van der Waals surface area contributed by atoms with Gasteiger partial charge in [0.2, 0.25) is 0 Å². The van der Waals surface area contributed by atoms with Crippen molar-refractivity contribution < 1.29 is 14.7 Å².